The van der Waals surface area contributed by atoms with Crippen LogP contribution < -0.4 is 0 Å². The maximum absolute atomic E-state index is 13.3. The summed E-state index contributed by atoms with van der Waals surface area (Å²) in [5, 5.41) is 2.02. The van der Waals surface area contributed by atoms with Gasteiger partial charge in [0.15, 0.2) is 0 Å². The normalized spacial score (nSPS) is 14.5. The summed E-state index contributed by atoms with van der Waals surface area (Å²) >= 11 is 1.65. The van der Waals surface area contributed by atoms with Crippen LogP contribution in [0, 0.1) is 0 Å². The van der Waals surface area contributed by atoms with Crippen molar-refractivity contribution in [1.82, 2.24) is 9.80 Å². The molecule has 0 saturated heterocycles. The van der Waals surface area contributed by atoms with Gasteiger partial charge in [-0.1, -0.05) is 55.7 Å². The van der Waals surface area contributed by atoms with E-state index in [1.807, 2.05) is 52.7 Å². The lowest BCUT2D eigenvalue weighted by Crippen LogP contribution is -2.49. The molecule has 0 unspecified atom stereocenters. The van der Waals surface area contributed by atoms with Gasteiger partial charge < -0.3 is 14.5 Å². The predicted octanol–water partition coefficient (Wildman–Crippen LogP) is 4.08. The van der Waals surface area contributed by atoms with E-state index < -0.39 is 0 Å². The summed E-state index contributed by atoms with van der Waals surface area (Å²) in [7, 11) is 1.53. The van der Waals surface area contributed by atoms with E-state index in [1.54, 1.807) is 16.2 Å². The maximum atomic E-state index is 13.3. The number of methoxy groups -OCH3 is 1. The van der Waals surface area contributed by atoms with Crippen LogP contribution in [0.1, 0.15) is 42.5 Å². The molecule has 0 bridgehead atoms. The highest BCUT2D eigenvalue weighted by Gasteiger charge is 2.29. The van der Waals surface area contributed by atoms with Crippen molar-refractivity contribution in [1.29, 1.82) is 0 Å². The fourth-order valence-corrected chi connectivity index (χ4v) is 4.61. The average molecular weight is 415 g/mol. The molecule has 6 heteroatoms. The van der Waals surface area contributed by atoms with Crippen LogP contribution in [0.4, 0.5) is 0 Å². The number of rotatable bonds is 9. The van der Waals surface area contributed by atoms with Crippen molar-refractivity contribution in [3.63, 3.8) is 0 Å². The van der Waals surface area contributed by atoms with E-state index in [2.05, 4.69) is 0 Å². The van der Waals surface area contributed by atoms with E-state index in [9.17, 15) is 9.59 Å². The lowest BCUT2D eigenvalue weighted by atomic mass is 9.94. The zero-order valence-corrected chi connectivity index (χ0v) is 17.9. The third kappa shape index (κ3) is 6.41. The number of benzene rings is 1. The minimum Gasteiger partial charge on any atom is -0.375 e. The number of ether oxygens (including phenoxy) is 1. The van der Waals surface area contributed by atoms with Crippen molar-refractivity contribution >= 4 is 23.2 Å². The molecule has 0 radical (unpaired) electrons. The van der Waals surface area contributed by atoms with Gasteiger partial charge in [0.2, 0.25) is 11.8 Å². The number of thiophene rings is 1. The SMILES string of the molecule is COCC(=O)N(CC(=O)N(Cc1ccccc1)Cc1cccs1)C1CCCCC1. The molecule has 1 aromatic carbocycles. The van der Waals surface area contributed by atoms with Gasteiger partial charge in [-0.3, -0.25) is 9.59 Å². The number of hydrogen-bond acceptors (Lipinski definition) is 4. The molecule has 29 heavy (non-hydrogen) atoms. The van der Waals surface area contributed by atoms with Crippen molar-refractivity contribution in [2.75, 3.05) is 20.3 Å². The van der Waals surface area contributed by atoms with Crippen LogP contribution in [0.25, 0.3) is 0 Å². The summed E-state index contributed by atoms with van der Waals surface area (Å²) < 4.78 is 5.08. The minimum atomic E-state index is -0.0939. The summed E-state index contributed by atoms with van der Waals surface area (Å²) in [6, 6.07) is 14.2. The highest BCUT2D eigenvalue weighted by molar-refractivity contribution is 7.09. The second-order valence-electron chi connectivity index (χ2n) is 7.56. The number of carbonyl (C=O) groups excluding carboxylic acids is 2. The number of amides is 2. The van der Waals surface area contributed by atoms with Crippen LogP contribution in [0.15, 0.2) is 47.8 Å². The summed E-state index contributed by atoms with van der Waals surface area (Å²) in [5.41, 5.74) is 1.09. The largest absolute Gasteiger partial charge is 0.375 e. The maximum Gasteiger partial charge on any atom is 0.249 e. The Balaban J connectivity index is 1.75. The molecule has 1 heterocycles. The molecular weight excluding hydrogens is 384 g/mol. The molecule has 1 aliphatic rings. The minimum absolute atomic E-state index is 0.0164. The Morgan fingerprint density at radius 1 is 1.00 bits per heavy atom. The Bertz CT molecular complexity index is 758. The molecular formula is C23H30N2O3S. The van der Waals surface area contributed by atoms with E-state index in [4.69, 9.17) is 4.74 Å². The Hall–Kier alpha value is -2.18. The zero-order chi connectivity index (χ0) is 20.5. The predicted molar refractivity (Wildman–Crippen MR) is 115 cm³/mol. The smallest absolute Gasteiger partial charge is 0.249 e. The molecule has 5 nitrogen and oxygen atoms in total. The van der Waals surface area contributed by atoms with Gasteiger partial charge in [0.05, 0.1) is 6.54 Å². The van der Waals surface area contributed by atoms with Crippen LogP contribution >= 0.6 is 11.3 Å². The van der Waals surface area contributed by atoms with Gasteiger partial charge in [-0.05, 0) is 29.9 Å². The molecule has 0 aliphatic heterocycles. The number of carbonyl (C=O) groups is 2. The monoisotopic (exact) mass is 414 g/mol. The van der Waals surface area contributed by atoms with E-state index in [0.29, 0.717) is 13.1 Å². The fraction of sp³-hybridized carbons (Fsp3) is 0.478. The lowest BCUT2D eigenvalue weighted by Gasteiger charge is -2.35. The molecule has 1 fully saturated rings. The van der Waals surface area contributed by atoms with Gasteiger partial charge in [-0.15, -0.1) is 11.3 Å². The van der Waals surface area contributed by atoms with E-state index in [1.165, 1.54) is 13.5 Å². The first-order valence-corrected chi connectivity index (χ1v) is 11.2. The molecule has 156 valence electrons. The van der Waals surface area contributed by atoms with Gasteiger partial charge in [0.25, 0.3) is 0 Å². The number of hydrogen-bond donors (Lipinski definition) is 0. The van der Waals surface area contributed by atoms with Crippen molar-refractivity contribution < 1.29 is 14.3 Å². The topological polar surface area (TPSA) is 49.9 Å². The first-order chi connectivity index (χ1) is 14.2. The van der Waals surface area contributed by atoms with Crippen LogP contribution in [-0.4, -0.2) is 47.9 Å². The second kappa shape index (κ2) is 11.1. The Morgan fingerprint density at radius 2 is 1.76 bits per heavy atom. The molecule has 1 saturated carbocycles. The van der Waals surface area contributed by atoms with Gasteiger partial charge >= 0.3 is 0 Å². The van der Waals surface area contributed by atoms with Crippen LogP contribution in [0.2, 0.25) is 0 Å². The molecule has 1 aliphatic carbocycles. The quantitative estimate of drug-likeness (QED) is 0.621. The molecule has 2 aromatic rings. The van der Waals surface area contributed by atoms with Gasteiger partial charge in [0.1, 0.15) is 13.2 Å². The van der Waals surface area contributed by atoms with Gasteiger partial charge in [-0.2, -0.15) is 0 Å². The van der Waals surface area contributed by atoms with Crippen LogP contribution in [-0.2, 0) is 27.4 Å². The Labute approximate surface area is 177 Å². The third-order valence-corrected chi connectivity index (χ3v) is 6.27. The third-order valence-electron chi connectivity index (χ3n) is 5.40. The van der Waals surface area contributed by atoms with E-state index in [-0.39, 0.29) is 31.0 Å². The molecule has 0 N–H and O–H groups in total. The Morgan fingerprint density at radius 3 is 2.41 bits per heavy atom. The highest BCUT2D eigenvalue weighted by Crippen LogP contribution is 2.23. The molecule has 1 aromatic heterocycles. The van der Waals surface area contributed by atoms with Crippen molar-refractivity contribution in [2.24, 2.45) is 0 Å². The summed E-state index contributed by atoms with van der Waals surface area (Å²) in [6.45, 7) is 1.23. The highest BCUT2D eigenvalue weighted by atomic mass is 32.1. The average Bonchev–Trinajstić information content (AvgIpc) is 3.26. The molecule has 0 spiro atoms. The first-order valence-electron chi connectivity index (χ1n) is 10.3. The molecule has 2 amide bonds. The van der Waals surface area contributed by atoms with E-state index in [0.717, 1.165) is 36.1 Å². The first kappa shape index (κ1) is 21.5. The standard InChI is InChI=1S/C23H30N2O3S/c1-28-18-23(27)25(20-11-6-3-7-12-20)17-22(26)24(16-21-13-8-14-29-21)15-19-9-4-2-5-10-19/h2,4-5,8-10,13-14,20H,3,6-7,11-12,15-18H2,1H3. The van der Waals surface area contributed by atoms with Crippen molar-refractivity contribution in [2.45, 2.75) is 51.2 Å². The summed E-state index contributed by atoms with van der Waals surface area (Å²) in [4.78, 5) is 30.8. The number of nitrogens with zero attached hydrogens (tertiary/aromatic N) is 2. The van der Waals surface area contributed by atoms with Crippen molar-refractivity contribution in [3.8, 4) is 0 Å². The lowest BCUT2D eigenvalue weighted by molar-refractivity contribution is -0.146. The molecule has 0 atom stereocenters. The van der Waals surface area contributed by atoms with Crippen molar-refractivity contribution in [3.05, 3.63) is 58.3 Å². The van der Waals surface area contributed by atoms with Crippen LogP contribution in [0.5, 0.6) is 0 Å². The van der Waals surface area contributed by atoms with Gasteiger partial charge in [-0.25, -0.2) is 0 Å². The Kier molecular flexibility index (Phi) is 8.25. The van der Waals surface area contributed by atoms with E-state index >= 15 is 0 Å². The summed E-state index contributed by atoms with van der Waals surface area (Å²) in [6.07, 6.45) is 5.35. The van der Waals surface area contributed by atoms with Crippen LogP contribution in [0.3, 0.4) is 0 Å². The second-order valence-corrected chi connectivity index (χ2v) is 8.59. The van der Waals surface area contributed by atoms with Gasteiger partial charge in [0, 0.05) is 24.6 Å². The molecule has 3 rings (SSSR count). The fourth-order valence-electron chi connectivity index (χ4n) is 3.89. The summed E-state index contributed by atoms with van der Waals surface area (Å²) in [5.74, 6) is -0.110. The zero-order valence-electron chi connectivity index (χ0n) is 17.1.